The Morgan fingerprint density at radius 1 is 1.10 bits per heavy atom. The van der Waals surface area contributed by atoms with E-state index in [1.807, 2.05) is 24.3 Å². The van der Waals surface area contributed by atoms with Crippen molar-refractivity contribution >= 4 is 5.97 Å². The Labute approximate surface area is 129 Å². The predicted octanol–water partition coefficient (Wildman–Crippen LogP) is 3.30. The average Bonchev–Trinajstić information content (AvgIpc) is 2.44. The molecule has 0 saturated heterocycles. The highest BCUT2D eigenvalue weighted by Crippen LogP contribution is 2.04. The summed E-state index contributed by atoms with van der Waals surface area (Å²) in [6.45, 7) is 2.15. The molecular weight excluding hydrogens is 264 g/mol. The SMILES string of the molecule is CCCCCC(O)/C=C/C=C\C/C=C\CCCCC(=O)[O-]. The fraction of sp³-hybridized carbons (Fsp3) is 0.611. The first kappa shape index (κ1) is 19.7. The summed E-state index contributed by atoms with van der Waals surface area (Å²) < 4.78 is 0. The van der Waals surface area contributed by atoms with Gasteiger partial charge in [0.15, 0.2) is 0 Å². The van der Waals surface area contributed by atoms with Gasteiger partial charge in [0.25, 0.3) is 0 Å². The molecule has 0 radical (unpaired) electrons. The molecule has 120 valence electrons. The van der Waals surface area contributed by atoms with E-state index in [1.54, 1.807) is 0 Å². The molecule has 0 aromatic heterocycles. The molecule has 0 spiro atoms. The Balaban J connectivity index is 3.51. The van der Waals surface area contributed by atoms with Crippen molar-refractivity contribution in [2.75, 3.05) is 0 Å². The molecule has 0 bridgehead atoms. The van der Waals surface area contributed by atoms with Crippen LogP contribution in [0, 0.1) is 0 Å². The normalized spacial score (nSPS) is 13.6. The minimum absolute atomic E-state index is 0.152. The van der Waals surface area contributed by atoms with Gasteiger partial charge < -0.3 is 15.0 Å². The topological polar surface area (TPSA) is 60.4 Å². The van der Waals surface area contributed by atoms with Crippen molar-refractivity contribution in [2.45, 2.75) is 70.8 Å². The van der Waals surface area contributed by atoms with Crippen LogP contribution in [0.15, 0.2) is 36.5 Å². The van der Waals surface area contributed by atoms with E-state index in [0.29, 0.717) is 6.42 Å². The zero-order valence-corrected chi connectivity index (χ0v) is 13.2. The van der Waals surface area contributed by atoms with E-state index in [0.717, 1.165) is 32.1 Å². The van der Waals surface area contributed by atoms with Gasteiger partial charge in [0.1, 0.15) is 0 Å². The smallest absolute Gasteiger partial charge is 0.0723 e. The van der Waals surface area contributed by atoms with E-state index in [-0.39, 0.29) is 12.5 Å². The Morgan fingerprint density at radius 3 is 2.62 bits per heavy atom. The number of carbonyl (C=O) groups excluding carboxylic acids is 1. The fourth-order valence-corrected chi connectivity index (χ4v) is 1.87. The number of aliphatic carboxylic acids is 1. The molecule has 21 heavy (non-hydrogen) atoms. The van der Waals surface area contributed by atoms with Gasteiger partial charge in [0.2, 0.25) is 0 Å². The van der Waals surface area contributed by atoms with Crippen molar-refractivity contribution in [1.29, 1.82) is 0 Å². The van der Waals surface area contributed by atoms with E-state index in [2.05, 4.69) is 19.1 Å². The second-order valence-electron chi connectivity index (χ2n) is 5.20. The van der Waals surface area contributed by atoms with Gasteiger partial charge in [-0.25, -0.2) is 0 Å². The van der Waals surface area contributed by atoms with Crippen molar-refractivity contribution in [2.24, 2.45) is 0 Å². The van der Waals surface area contributed by atoms with Gasteiger partial charge in [-0.1, -0.05) is 62.6 Å². The summed E-state index contributed by atoms with van der Waals surface area (Å²) in [6.07, 6.45) is 19.3. The summed E-state index contributed by atoms with van der Waals surface area (Å²) in [4.78, 5) is 10.2. The summed E-state index contributed by atoms with van der Waals surface area (Å²) >= 11 is 0. The minimum Gasteiger partial charge on any atom is -0.550 e. The second-order valence-corrected chi connectivity index (χ2v) is 5.20. The highest BCUT2D eigenvalue weighted by Gasteiger charge is 1.96. The first-order valence-corrected chi connectivity index (χ1v) is 8.03. The van der Waals surface area contributed by atoms with Gasteiger partial charge in [0.05, 0.1) is 6.10 Å². The van der Waals surface area contributed by atoms with Crippen LogP contribution in [0.3, 0.4) is 0 Å². The van der Waals surface area contributed by atoms with Crippen molar-refractivity contribution in [3.8, 4) is 0 Å². The van der Waals surface area contributed by atoms with Crippen LogP contribution in [-0.2, 0) is 4.79 Å². The standard InChI is InChI=1S/C18H30O3/c1-2-3-11-14-17(19)15-12-9-7-5-4-6-8-10-13-16-18(20)21/h4,6-7,9,12,15,17,19H,2-3,5,8,10-11,13-14,16H2,1H3,(H,20,21)/p-1/b6-4-,9-7-,15-12+. The third-order valence-electron chi connectivity index (χ3n) is 3.12. The molecule has 0 aliphatic carbocycles. The highest BCUT2D eigenvalue weighted by molar-refractivity contribution is 5.64. The molecule has 0 heterocycles. The number of hydrogen-bond donors (Lipinski definition) is 1. The van der Waals surface area contributed by atoms with Crippen LogP contribution in [0.1, 0.15) is 64.7 Å². The molecule has 0 amide bonds. The molecule has 0 rings (SSSR count). The lowest BCUT2D eigenvalue weighted by atomic mass is 10.1. The van der Waals surface area contributed by atoms with Gasteiger partial charge in [-0.05, 0) is 38.5 Å². The Kier molecular flexibility index (Phi) is 14.1. The number of carboxylic acid groups (broad SMARTS) is 1. The quantitative estimate of drug-likeness (QED) is 0.322. The van der Waals surface area contributed by atoms with Crippen molar-refractivity contribution in [1.82, 2.24) is 0 Å². The Bertz CT molecular complexity index is 329. The van der Waals surface area contributed by atoms with Gasteiger partial charge in [-0.2, -0.15) is 0 Å². The summed E-state index contributed by atoms with van der Waals surface area (Å²) in [5.74, 6) is -0.967. The molecule has 1 atom stereocenters. The minimum atomic E-state index is -0.967. The van der Waals surface area contributed by atoms with Crippen molar-refractivity contribution in [3.05, 3.63) is 36.5 Å². The second kappa shape index (κ2) is 15.0. The number of carbonyl (C=O) groups is 1. The maximum absolute atomic E-state index is 10.2. The Hall–Kier alpha value is -1.35. The number of hydrogen-bond acceptors (Lipinski definition) is 3. The van der Waals surface area contributed by atoms with Crippen LogP contribution in [-0.4, -0.2) is 17.2 Å². The number of unbranched alkanes of at least 4 members (excludes halogenated alkanes) is 4. The molecule has 0 aromatic carbocycles. The molecule has 0 aromatic rings. The van der Waals surface area contributed by atoms with Crippen molar-refractivity contribution in [3.63, 3.8) is 0 Å². The lowest BCUT2D eigenvalue weighted by Crippen LogP contribution is -2.21. The zero-order chi connectivity index (χ0) is 15.8. The predicted molar refractivity (Wildman–Crippen MR) is 85.7 cm³/mol. The third kappa shape index (κ3) is 16.6. The highest BCUT2D eigenvalue weighted by atomic mass is 16.4. The van der Waals surface area contributed by atoms with Crippen LogP contribution < -0.4 is 5.11 Å². The van der Waals surface area contributed by atoms with Crippen LogP contribution >= 0.6 is 0 Å². The maximum Gasteiger partial charge on any atom is 0.0723 e. The zero-order valence-electron chi connectivity index (χ0n) is 13.2. The monoisotopic (exact) mass is 293 g/mol. The van der Waals surface area contributed by atoms with E-state index in [4.69, 9.17) is 0 Å². The Morgan fingerprint density at radius 2 is 1.90 bits per heavy atom. The molecule has 0 fully saturated rings. The van der Waals surface area contributed by atoms with Crippen LogP contribution in [0.5, 0.6) is 0 Å². The van der Waals surface area contributed by atoms with E-state index in [9.17, 15) is 15.0 Å². The summed E-state index contributed by atoms with van der Waals surface area (Å²) in [7, 11) is 0. The molecule has 0 aliphatic heterocycles. The summed E-state index contributed by atoms with van der Waals surface area (Å²) in [5, 5.41) is 19.9. The van der Waals surface area contributed by atoms with Gasteiger partial charge >= 0.3 is 0 Å². The molecule has 3 nitrogen and oxygen atoms in total. The van der Waals surface area contributed by atoms with Crippen LogP contribution in [0.25, 0.3) is 0 Å². The number of aliphatic hydroxyl groups is 1. The number of carboxylic acids is 1. The number of rotatable bonds is 13. The molecular formula is C18H29O3-. The van der Waals surface area contributed by atoms with E-state index < -0.39 is 5.97 Å². The molecule has 3 heteroatoms. The van der Waals surface area contributed by atoms with Gasteiger partial charge in [-0.3, -0.25) is 0 Å². The van der Waals surface area contributed by atoms with Crippen LogP contribution in [0.2, 0.25) is 0 Å². The summed E-state index contributed by atoms with van der Waals surface area (Å²) in [6, 6.07) is 0. The van der Waals surface area contributed by atoms with Gasteiger partial charge in [-0.15, -0.1) is 0 Å². The fourth-order valence-electron chi connectivity index (χ4n) is 1.87. The number of aliphatic hydroxyl groups excluding tert-OH is 1. The first-order chi connectivity index (χ1) is 10.2. The van der Waals surface area contributed by atoms with E-state index >= 15 is 0 Å². The maximum atomic E-state index is 10.2. The van der Waals surface area contributed by atoms with Crippen molar-refractivity contribution < 1.29 is 15.0 Å². The lowest BCUT2D eigenvalue weighted by Gasteiger charge is -2.02. The molecule has 0 saturated carbocycles. The molecule has 1 N–H and O–H groups in total. The lowest BCUT2D eigenvalue weighted by molar-refractivity contribution is -0.305. The van der Waals surface area contributed by atoms with Gasteiger partial charge in [0, 0.05) is 5.97 Å². The first-order valence-electron chi connectivity index (χ1n) is 8.03. The average molecular weight is 293 g/mol. The van der Waals surface area contributed by atoms with E-state index in [1.165, 1.54) is 12.8 Å². The molecule has 1 unspecified atom stereocenters. The number of allylic oxidation sites excluding steroid dienone is 5. The molecule has 0 aliphatic rings. The largest absolute Gasteiger partial charge is 0.550 e. The third-order valence-corrected chi connectivity index (χ3v) is 3.12. The summed E-state index contributed by atoms with van der Waals surface area (Å²) in [5.41, 5.74) is 0. The van der Waals surface area contributed by atoms with Crippen LogP contribution in [0.4, 0.5) is 0 Å².